The molecule has 0 aliphatic carbocycles. The summed E-state index contributed by atoms with van der Waals surface area (Å²) >= 11 is 0. The number of hydrogen-bond donors (Lipinski definition) is 0. The van der Waals surface area contributed by atoms with E-state index in [9.17, 15) is 14.4 Å². The molecule has 1 fully saturated rings. The van der Waals surface area contributed by atoms with Gasteiger partial charge in [0.05, 0.1) is 11.3 Å². The molecule has 5 heteroatoms. The molecular weight excluding hydrogens is 268 g/mol. The second-order valence-electron chi connectivity index (χ2n) is 5.79. The van der Waals surface area contributed by atoms with Crippen LogP contribution in [0.25, 0.3) is 0 Å². The van der Waals surface area contributed by atoms with Gasteiger partial charge in [-0.2, -0.15) is 0 Å². The van der Waals surface area contributed by atoms with Gasteiger partial charge in [0.2, 0.25) is 5.91 Å². The zero-order valence-electron chi connectivity index (χ0n) is 12.3. The van der Waals surface area contributed by atoms with E-state index < -0.39 is 11.7 Å². The Morgan fingerprint density at radius 2 is 1.81 bits per heavy atom. The molecule has 0 saturated carbocycles. The van der Waals surface area contributed by atoms with Crippen molar-refractivity contribution in [3.05, 3.63) is 28.8 Å². The summed E-state index contributed by atoms with van der Waals surface area (Å²) in [6.45, 7) is 5.21. The standard InChI is InChI=1S/C16H18N2O3/c1-10-7-11(2)14-12(8-10)15(20)16(21)18(14)9-13(19)17-5-3-4-6-17/h7-8H,3-6,9H2,1-2H3. The molecular formula is C16H18N2O3. The van der Waals surface area contributed by atoms with Gasteiger partial charge in [-0.1, -0.05) is 6.07 Å². The SMILES string of the molecule is Cc1cc(C)c2c(c1)C(=O)C(=O)N2CC(=O)N1CCCC1. The number of rotatable bonds is 2. The van der Waals surface area contributed by atoms with Gasteiger partial charge in [0.1, 0.15) is 6.54 Å². The van der Waals surface area contributed by atoms with E-state index in [0.29, 0.717) is 11.3 Å². The fraction of sp³-hybridized carbons (Fsp3) is 0.438. The maximum absolute atomic E-state index is 12.3. The summed E-state index contributed by atoms with van der Waals surface area (Å²) in [7, 11) is 0. The molecule has 1 saturated heterocycles. The molecule has 2 aliphatic rings. The summed E-state index contributed by atoms with van der Waals surface area (Å²) < 4.78 is 0. The second kappa shape index (κ2) is 4.98. The topological polar surface area (TPSA) is 57.7 Å². The van der Waals surface area contributed by atoms with Crippen LogP contribution in [-0.4, -0.2) is 42.1 Å². The minimum absolute atomic E-state index is 0.0402. The molecule has 2 aliphatic heterocycles. The largest absolute Gasteiger partial charge is 0.341 e. The quantitative estimate of drug-likeness (QED) is 0.773. The molecule has 2 amide bonds. The maximum Gasteiger partial charge on any atom is 0.299 e. The van der Waals surface area contributed by atoms with Crippen LogP contribution in [0.2, 0.25) is 0 Å². The summed E-state index contributed by atoms with van der Waals surface area (Å²) in [5, 5.41) is 0. The summed E-state index contributed by atoms with van der Waals surface area (Å²) in [5.74, 6) is -1.18. The number of Topliss-reactive ketones (excluding diaryl/α,β-unsaturated/α-hetero) is 1. The Hall–Kier alpha value is -2.17. The Bertz CT molecular complexity index is 645. The van der Waals surface area contributed by atoms with Gasteiger partial charge in [0.25, 0.3) is 11.7 Å². The predicted molar refractivity (Wildman–Crippen MR) is 78.4 cm³/mol. The molecule has 0 N–H and O–H groups in total. The first kappa shape index (κ1) is 13.8. The normalized spacial score (nSPS) is 17.6. The monoisotopic (exact) mass is 286 g/mol. The molecule has 3 rings (SSSR count). The smallest absolute Gasteiger partial charge is 0.299 e. The van der Waals surface area contributed by atoms with E-state index in [-0.39, 0.29) is 12.5 Å². The zero-order chi connectivity index (χ0) is 15.1. The highest BCUT2D eigenvalue weighted by Crippen LogP contribution is 2.33. The first-order valence-corrected chi connectivity index (χ1v) is 7.24. The van der Waals surface area contributed by atoms with Crippen LogP contribution in [0, 0.1) is 13.8 Å². The summed E-state index contributed by atoms with van der Waals surface area (Å²) in [4.78, 5) is 39.6. The van der Waals surface area contributed by atoms with Crippen molar-refractivity contribution >= 4 is 23.3 Å². The molecule has 2 heterocycles. The van der Waals surface area contributed by atoms with Crippen LogP contribution < -0.4 is 4.90 Å². The fourth-order valence-corrected chi connectivity index (χ4v) is 3.18. The average molecular weight is 286 g/mol. The van der Waals surface area contributed by atoms with Gasteiger partial charge >= 0.3 is 0 Å². The Morgan fingerprint density at radius 1 is 1.14 bits per heavy atom. The number of anilines is 1. The van der Waals surface area contributed by atoms with Gasteiger partial charge in [-0.3, -0.25) is 19.3 Å². The van der Waals surface area contributed by atoms with Crippen molar-refractivity contribution in [2.75, 3.05) is 24.5 Å². The Morgan fingerprint density at radius 3 is 2.48 bits per heavy atom. The number of benzene rings is 1. The number of aryl methyl sites for hydroxylation is 2. The third kappa shape index (κ3) is 2.22. The third-order valence-corrected chi connectivity index (χ3v) is 4.15. The molecule has 5 nitrogen and oxygen atoms in total. The number of carbonyl (C=O) groups is 3. The molecule has 1 aromatic rings. The van der Waals surface area contributed by atoms with Crippen molar-refractivity contribution in [3.63, 3.8) is 0 Å². The molecule has 0 unspecified atom stereocenters. The second-order valence-corrected chi connectivity index (χ2v) is 5.79. The lowest BCUT2D eigenvalue weighted by Crippen LogP contribution is -2.41. The highest BCUT2D eigenvalue weighted by Gasteiger charge is 2.38. The molecule has 0 aromatic heterocycles. The molecule has 0 radical (unpaired) electrons. The van der Waals surface area contributed by atoms with E-state index in [1.807, 2.05) is 19.9 Å². The summed E-state index contributed by atoms with van der Waals surface area (Å²) in [6.07, 6.45) is 2.01. The Labute approximate surface area is 123 Å². The van der Waals surface area contributed by atoms with E-state index in [1.165, 1.54) is 4.90 Å². The van der Waals surface area contributed by atoms with Crippen molar-refractivity contribution in [1.82, 2.24) is 4.90 Å². The molecule has 0 atom stereocenters. The minimum Gasteiger partial charge on any atom is -0.341 e. The number of hydrogen-bond acceptors (Lipinski definition) is 3. The molecule has 21 heavy (non-hydrogen) atoms. The molecule has 0 bridgehead atoms. The van der Waals surface area contributed by atoms with Crippen LogP contribution >= 0.6 is 0 Å². The van der Waals surface area contributed by atoms with Crippen molar-refractivity contribution in [2.45, 2.75) is 26.7 Å². The molecule has 0 spiro atoms. The van der Waals surface area contributed by atoms with Crippen molar-refractivity contribution in [1.29, 1.82) is 0 Å². The molecule has 1 aromatic carbocycles. The fourth-order valence-electron chi connectivity index (χ4n) is 3.18. The number of likely N-dealkylation sites (tertiary alicyclic amines) is 1. The maximum atomic E-state index is 12.3. The van der Waals surface area contributed by atoms with E-state index >= 15 is 0 Å². The number of amides is 2. The van der Waals surface area contributed by atoms with E-state index in [1.54, 1.807) is 11.0 Å². The Balaban J connectivity index is 1.92. The van der Waals surface area contributed by atoms with Crippen LogP contribution in [0.4, 0.5) is 5.69 Å². The zero-order valence-corrected chi connectivity index (χ0v) is 12.3. The van der Waals surface area contributed by atoms with Crippen molar-refractivity contribution in [2.24, 2.45) is 0 Å². The number of carbonyl (C=O) groups excluding carboxylic acids is 3. The average Bonchev–Trinajstić information content (AvgIpc) is 3.03. The molecule has 110 valence electrons. The summed E-state index contributed by atoms with van der Waals surface area (Å²) in [6, 6.07) is 3.65. The van der Waals surface area contributed by atoms with Crippen LogP contribution in [0.1, 0.15) is 34.3 Å². The van der Waals surface area contributed by atoms with Crippen molar-refractivity contribution in [3.8, 4) is 0 Å². The third-order valence-electron chi connectivity index (χ3n) is 4.15. The van der Waals surface area contributed by atoms with Gasteiger partial charge in [-0.05, 0) is 43.9 Å². The number of nitrogens with zero attached hydrogens (tertiary/aromatic N) is 2. The van der Waals surface area contributed by atoms with Crippen LogP contribution in [-0.2, 0) is 9.59 Å². The van der Waals surface area contributed by atoms with Crippen molar-refractivity contribution < 1.29 is 14.4 Å². The lowest BCUT2D eigenvalue weighted by molar-refractivity contribution is -0.129. The summed E-state index contributed by atoms with van der Waals surface area (Å²) in [5.41, 5.74) is 2.83. The number of fused-ring (bicyclic) bond motifs is 1. The van der Waals surface area contributed by atoms with Gasteiger partial charge in [-0.15, -0.1) is 0 Å². The van der Waals surface area contributed by atoms with Gasteiger partial charge in [0.15, 0.2) is 0 Å². The van der Waals surface area contributed by atoms with Crippen LogP contribution in [0.15, 0.2) is 12.1 Å². The highest BCUT2D eigenvalue weighted by molar-refractivity contribution is 6.52. The van der Waals surface area contributed by atoms with E-state index in [0.717, 1.165) is 37.1 Å². The van der Waals surface area contributed by atoms with Gasteiger partial charge < -0.3 is 4.90 Å². The first-order chi connectivity index (χ1) is 9.99. The van der Waals surface area contributed by atoms with Crippen LogP contribution in [0.5, 0.6) is 0 Å². The predicted octanol–water partition coefficient (Wildman–Crippen LogP) is 1.46. The van der Waals surface area contributed by atoms with E-state index in [4.69, 9.17) is 0 Å². The number of ketones is 1. The van der Waals surface area contributed by atoms with E-state index in [2.05, 4.69) is 0 Å². The lowest BCUT2D eigenvalue weighted by Gasteiger charge is -2.22. The highest BCUT2D eigenvalue weighted by atomic mass is 16.2. The van der Waals surface area contributed by atoms with Gasteiger partial charge in [-0.25, -0.2) is 0 Å². The lowest BCUT2D eigenvalue weighted by atomic mass is 10.0. The van der Waals surface area contributed by atoms with Gasteiger partial charge in [0, 0.05) is 13.1 Å². The minimum atomic E-state index is -0.591. The van der Waals surface area contributed by atoms with Crippen LogP contribution in [0.3, 0.4) is 0 Å². The Kier molecular flexibility index (Phi) is 3.27. The first-order valence-electron chi connectivity index (χ1n) is 7.24.